The van der Waals surface area contributed by atoms with Crippen molar-refractivity contribution < 1.29 is 9.90 Å². The number of aliphatic carboxylic acids is 1. The molecule has 4 aliphatic carbocycles. The highest BCUT2D eigenvalue weighted by atomic mass is 16.4. The van der Waals surface area contributed by atoms with Crippen molar-refractivity contribution in [2.24, 2.45) is 29.6 Å². The van der Waals surface area contributed by atoms with E-state index in [1.165, 1.54) is 37.7 Å². The van der Waals surface area contributed by atoms with Crippen molar-refractivity contribution in [3.8, 4) is 0 Å². The van der Waals surface area contributed by atoms with Gasteiger partial charge < -0.3 is 5.11 Å². The highest BCUT2D eigenvalue weighted by molar-refractivity contribution is 5.66. The van der Waals surface area contributed by atoms with Gasteiger partial charge in [-0.05, 0) is 75.0 Å². The van der Waals surface area contributed by atoms with Crippen molar-refractivity contribution in [3.63, 3.8) is 0 Å². The van der Waals surface area contributed by atoms with Gasteiger partial charge in [-0.2, -0.15) is 0 Å². The molecule has 0 heterocycles. The van der Waals surface area contributed by atoms with Crippen molar-refractivity contribution >= 4 is 5.97 Å². The van der Waals surface area contributed by atoms with E-state index in [-0.39, 0.29) is 6.42 Å². The standard InChI is InChI=1S/C16H24O2/c1-10(3-2-4-15(17)18)16-13-6-11-5-12(8-13)9-14(16)7-11/h3,11-14,16H,2,4-9H2,1H3,(H,17,18)/b10-3+. The Labute approximate surface area is 109 Å². The number of carboxylic acids is 1. The largest absolute Gasteiger partial charge is 0.481 e. The molecule has 0 aromatic heterocycles. The Morgan fingerprint density at radius 3 is 2.17 bits per heavy atom. The molecule has 0 aromatic carbocycles. The van der Waals surface area contributed by atoms with E-state index in [9.17, 15) is 4.79 Å². The third-order valence-electron chi connectivity index (χ3n) is 5.58. The average molecular weight is 248 g/mol. The van der Waals surface area contributed by atoms with Crippen molar-refractivity contribution in [2.45, 2.75) is 51.9 Å². The fraction of sp³-hybridized carbons (Fsp3) is 0.812. The van der Waals surface area contributed by atoms with Crippen molar-refractivity contribution in [1.82, 2.24) is 0 Å². The van der Waals surface area contributed by atoms with Crippen LogP contribution in [0.2, 0.25) is 0 Å². The molecule has 2 nitrogen and oxygen atoms in total. The lowest BCUT2D eigenvalue weighted by atomic mass is 9.50. The summed E-state index contributed by atoms with van der Waals surface area (Å²) in [7, 11) is 0. The second kappa shape index (κ2) is 4.71. The van der Waals surface area contributed by atoms with Crippen LogP contribution >= 0.6 is 0 Å². The van der Waals surface area contributed by atoms with Crippen LogP contribution in [0.15, 0.2) is 11.6 Å². The summed E-state index contributed by atoms with van der Waals surface area (Å²) in [6, 6.07) is 0. The van der Waals surface area contributed by atoms with Crippen LogP contribution in [-0.4, -0.2) is 11.1 Å². The minimum atomic E-state index is -0.677. The van der Waals surface area contributed by atoms with E-state index in [1.807, 2.05) is 0 Å². The lowest BCUT2D eigenvalue weighted by Gasteiger charge is -2.55. The average Bonchev–Trinajstić information content (AvgIpc) is 2.26. The highest BCUT2D eigenvalue weighted by Gasteiger charge is 2.48. The molecule has 0 atom stereocenters. The Bertz CT molecular complexity index is 341. The molecule has 0 unspecified atom stereocenters. The van der Waals surface area contributed by atoms with E-state index in [0.717, 1.165) is 29.6 Å². The van der Waals surface area contributed by atoms with Gasteiger partial charge in [0.25, 0.3) is 0 Å². The molecule has 1 N–H and O–H groups in total. The van der Waals surface area contributed by atoms with Crippen LogP contribution in [0, 0.1) is 29.6 Å². The zero-order valence-corrected chi connectivity index (χ0v) is 11.3. The van der Waals surface area contributed by atoms with Crippen LogP contribution in [0.5, 0.6) is 0 Å². The molecule has 4 fully saturated rings. The predicted molar refractivity (Wildman–Crippen MR) is 71.2 cm³/mol. The summed E-state index contributed by atoms with van der Waals surface area (Å²) in [6.07, 6.45) is 10.5. The molecule has 0 aliphatic heterocycles. The first-order chi connectivity index (χ1) is 8.63. The van der Waals surface area contributed by atoms with Gasteiger partial charge in [-0.3, -0.25) is 4.79 Å². The molecule has 18 heavy (non-hydrogen) atoms. The molecule has 4 saturated carbocycles. The molecule has 4 bridgehead atoms. The summed E-state index contributed by atoms with van der Waals surface area (Å²) in [5, 5.41) is 8.71. The summed E-state index contributed by atoms with van der Waals surface area (Å²) >= 11 is 0. The fourth-order valence-electron chi connectivity index (χ4n) is 5.23. The lowest BCUT2D eigenvalue weighted by molar-refractivity contribution is -0.136. The van der Waals surface area contributed by atoms with Crippen LogP contribution in [-0.2, 0) is 4.79 Å². The first-order valence-electron chi connectivity index (χ1n) is 7.52. The normalized spacial score (nSPS) is 42.3. The molecule has 100 valence electrons. The first kappa shape index (κ1) is 12.3. The van der Waals surface area contributed by atoms with Gasteiger partial charge in [0, 0.05) is 6.42 Å². The van der Waals surface area contributed by atoms with Gasteiger partial charge in [0.15, 0.2) is 0 Å². The number of carboxylic acid groups (broad SMARTS) is 1. The molecule has 0 amide bonds. The van der Waals surface area contributed by atoms with Crippen LogP contribution < -0.4 is 0 Å². The zero-order valence-electron chi connectivity index (χ0n) is 11.3. The van der Waals surface area contributed by atoms with E-state index in [1.54, 1.807) is 0 Å². The van der Waals surface area contributed by atoms with Gasteiger partial charge in [0.05, 0.1) is 0 Å². The summed E-state index contributed by atoms with van der Waals surface area (Å²) in [6.45, 7) is 2.24. The lowest BCUT2D eigenvalue weighted by Crippen LogP contribution is -2.45. The van der Waals surface area contributed by atoms with E-state index in [0.29, 0.717) is 6.42 Å². The zero-order chi connectivity index (χ0) is 12.7. The summed E-state index contributed by atoms with van der Waals surface area (Å²) < 4.78 is 0. The van der Waals surface area contributed by atoms with Gasteiger partial charge in [-0.15, -0.1) is 0 Å². The van der Waals surface area contributed by atoms with E-state index in [2.05, 4.69) is 13.0 Å². The number of hydrogen-bond donors (Lipinski definition) is 1. The topological polar surface area (TPSA) is 37.3 Å². The molecule has 0 spiro atoms. The number of rotatable bonds is 4. The Balaban J connectivity index is 1.67. The number of allylic oxidation sites excluding steroid dienone is 2. The Hall–Kier alpha value is -0.790. The van der Waals surface area contributed by atoms with Gasteiger partial charge in [0.1, 0.15) is 0 Å². The maximum atomic E-state index is 10.6. The number of hydrogen-bond acceptors (Lipinski definition) is 1. The van der Waals surface area contributed by atoms with Gasteiger partial charge in [-0.1, -0.05) is 11.6 Å². The smallest absolute Gasteiger partial charge is 0.303 e. The summed E-state index contributed by atoms with van der Waals surface area (Å²) in [4.78, 5) is 10.6. The molecule has 0 saturated heterocycles. The van der Waals surface area contributed by atoms with E-state index < -0.39 is 5.97 Å². The van der Waals surface area contributed by atoms with Crippen molar-refractivity contribution in [3.05, 3.63) is 11.6 Å². The third kappa shape index (κ3) is 2.22. The summed E-state index contributed by atoms with van der Waals surface area (Å²) in [5.74, 6) is 3.99. The van der Waals surface area contributed by atoms with Crippen LogP contribution in [0.25, 0.3) is 0 Å². The SMILES string of the molecule is C/C(=C\CCC(=O)O)C1C2CC3CC(C2)CC1C3. The molecule has 0 radical (unpaired) electrons. The number of carbonyl (C=O) groups is 1. The fourth-order valence-corrected chi connectivity index (χ4v) is 5.23. The third-order valence-corrected chi connectivity index (χ3v) is 5.58. The molecule has 4 aliphatic rings. The maximum Gasteiger partial charge on any atom is 0.303 e. The second-order valence-corrected chi connectivity index (χ2v) is 6.84. The quantitative estimate of drug-likeness (QED) is 0.767. The molecule has 2 heteroatoms. The summed E-state index contributed by atoms with van der Waals surface area (Å²) in [5.41, 5.74) is 1.49. The molecular weight excluding hydrogens is 224 g/mol. The van der Waals surface area contributed by atoms with Gasteiger partial charge in [0.2, 0.25) is 0 Å². The Kier molecular flexibility index (Phi) is 3.21. The molecule has 4 rings (SSSR count). The van der Waals surface area contributed by atoms with Crippen molar-refractivity contribution in [2.75, 3.05) is 0 Å². The minimum Gasteiger partial charge on any atom is -0.481 e. The monoisotopic (exact) mass is 248 g/mol. The van der Waals surface area contributed by atoms with E-state index in [4.69, 9.17) is 5.11 Å². The second-order valence-electron chi connectivity index (χ2n) is 6.84. The first-order valence-corrected chi connectivity index (χ1v) is 7.52. The van der Waals surface area contributed by atoms with Crippen LogP contribution in [0.3, 0.4) is 0 Å². The van der Waals surface area contributed by atoms with Gasteiger partial charge in [-0.25, -0.2) is 0 Å². The van der Waals surface area contributed by atoms with Crippen LogP contribution in [0.1, 0.15) is 51.9 Å². The predicted octanol–water partition coefficient (Wildman–Crippen LogP) is 3.87. The van der Waals surface area contributed by atoms with E-state index >= 15 is 0 Å². The van der Waals surface area contributed by atoms with Gasteiger partial charge >= 0.3 is 5.97 Å². The molecular formula is C16H24O2. The Morgan fingerprint density at radius 1 is 1.11 bits per heavy atom. The van der Waals surface area contributed by atoms with Crippen molar-refractivity contribution in [1.29, 1.82) is 0 Å². The molecule has 0 aromatic rings. The maximum absolute atomic E-state index is 10.6. The van der Waals surface area contributed by atoms with Crippen LogP contribution in [0.4, 0.5) is 0 Å². The highest BCUT2D eigenvalue weighted by Crippen LogP contribution is 2.58. The Morgan fingerprint density at radius 2 is 1.67 bits per heavy atom. The minimum absolute atomic E-state index is 0.282.